The van der Waals surface area contributed by atoms with Crippen molar-refractivity contribution in [3.8, 4) is 0 Å². The van der Waals surface area contributed by atoms with E-state index in [1.807, 2.05) is 0 Å². The van der Waals surface area contributed by atoms with Crippen LogP contribution in [0, 0.1) is 0 Å². The van der Waals surface area contributed by atoms with Crippen LogP contribution in [-0.2, 0) is 0 Å². The standard InChI is InChI=1S/C4H8N6.H4Si/c1-7-4-9-2(5)8-3(6)10-4;/h1H3,(H5,5,6,7,8,9,10);1H4. The first-order chi connectivity index (χ1) is 4.72. The smallest absolute Gasteiger partial charge is 0.229 e. The summed E-state index contributed by atoms with van der Waals surface area (Å²) >= 11 is 0. The molecule has 1 aromatic rings. The molecule has 0 fully saturated rings. The maximum atomic E-state index is 5.25. The van der Waals surface area contributed by atoms with E-state index in [2.05, 4.69) is 20.3 Å². The van der Waals surface area contributed by atoms with Gasteiger partial charge in [0.05, 0.1) is 0 Å². The summed E-state index contributed by atoms with van der Waals surface area (Å²) in [6.07, 6.45) is 0. The molecule has 0 spiro atoms. The van der Waals surface area contributed by atoms with Crippen molar-refractivity contribution in [1.82, 2.24) is 15.0 Å². The molecule has 0 saturated heterocycles. The summed E-state index contributed by atoms with van der Waals surface area (Å²) < 4.78 is 0. The van der Waals surface area contributed by atoms with Gasteiger partial charge in [0.25, 0.3) is 0 Å². The number of nitrogens with zero attached hydrogens (tertiary/aromatic N) is 3. The number of rotatable bonds is 1. The van der Waals surface area contributed by atoms with E-state index in [4.69, 9.17) is 11.5 Å². The summed E-state index contributed by atoms with van der Waals surface area (Å²) in [5.41, 5.74) is 10.5. The molecule has 0 radical (unpaired) electrons. The van der Waals surface area contributed by atoms with Crippen molar-refractivity contribution < 1.29 is 0 Å². The molecule has 1 aromatic heterocycles. The van der Waals surface area contributed by atoms with Gasteiger partial charge in [0.15, 0.2) is 0 Å². The highest BCUT2D eigenvalue weighted by Gasteiger charge is 1.96. The zero-order valence-corrected chi connectivity index (χ0v) is 5.50. The molecule has 11 heavy (non-hydrogen) atoms. The van der Waals surface area contributed by atoms with Crippen LogP contribution < -0.4 is 16.8 Å². The van der Waals surface area contributed by atoms with Crippen molar-refractivity contribution in [1.29, 1.82) is 0 Å². The van der Waals surface area contributed by atoms with Gasteiger partial charge in [-0.15, -0.1) is 0 Å². The summed E-state index contributed by atoms with van der Waals surface area (Å²) in [5, 5.41) is 2.69. The number of hydrogen-bond acceptors (Lipinski definition) is 6. The number of nitrogen functional groups attached to an aromatic ring is 2. The maximum absolute atomic E-state index is 5.25. The van der Waals surface area contributed by atoms with Gasteiger partial charge in [-0.3, -0.25) is 0 Å². The van der Waals surface area contributed by atoms with Crippen LogP contribution in [0.4, 0.5) is 17.8 Å². The normalized spacial score (nSPS) is 8.45. The first-order valence-corrected chi connectivity index (χ1v) is 2.67. The second-order valence-corrected chi connectivity index (χ2v) is 1.63. The van der Waals surface area contributed by atoms with Crippen LogP contribution in [0.15, 0.2) is 0 Å². The predicted molar refractivity (Wildman–Crippen MR) is 49.5 cm³/mol. The number of hydrogen-bond donors (Lipinski definition) is 3. The van der Waals surface area contributed by atoms with E-state index in [1.165, 1.54) is 0 Å². The fourth-order valence-electron chi connectivity index (χ4n) is 0.521. The van der Waals surface area contributed by atoms with Gasteiger partial charge in [-0.1, -0.05) is 0 Å². The average molecular weight is 172 g/mol. The third-order valence-corrected chi connectivity index (χ3v) is 0.894. The molecule has 0 aliphatic heterocycles. The predicted octanol–water partition coefficient (Wildman–Crippen LogP) is -2.37. The van der Waals surface area contributed by atoms with Crippen molar-refractivity contribution in [2.24, 2.45) is 0 Å². The van der Waals surface area contributed by atoms with Crippen LogP contribution in [0.3, 0.4) is 0 Å². The molecule has 5 N–H and O–H groups in total. The lowest BCUT2D eigenvalue weighted by atomic mass is 10.8. The molecule has 0 aromatic carbocycles. The highest BCUT2D eigenvalue weighted by Crippen LogP contribution is 2.00. The molecule has 1 rings (SSSR count). The molecule has 7 heteroatoms. The van der Waals surface area contributed by atoms with Gasteiger partial charge in [-0.25, -0.2) is 0 Å². The minimum Gasteiger partial charge on any atom is -0.368 e. The Morgan fingerprint density at radius 2 is 1.55 bits per heavy atom. The molecular formula is C4H12N6Si. The Morgan fingerprint density at radius 3 is 1.91 bits per heavy atom. The van der Waals surface area contributed by atoms with Crippen LogP contribution in [-0.4, -0.2) is 33.0 Å². The summed E-state index contributed by atoms with van der Waals surface area (Å²) in [5.74, 6) is 0.624. The Morgan fingerprint density at radius 1 is 1.09 bits per heavy atom. The first kappa shape index (κ1) is 9.63. The van der Waals surface area contributed by atoms with Gasteiger partial charge in [-0.2, -0.15) is 15.0 Å². The van der Waals surface area contributed by atoms with Gasteiger partial charge >= 0.3 is 0 Å². The van der Waals surface area contributed by atoms with E-state index in [0.29, 0.717) is 5.95 Å². The molecule has 6 nitrogen and oxygen atoms in total. The molecular weight excluding hydrogens is 160 g/mol. The van der Waals surface area contributed by atoms with Crippen LogP contribution in [0.25, 0.3) is 0 Å². The summed E-state index contributed by atoms with van der Waals surface area (Å²) in [4.78, 5) is 11.0. The summed E-state index contributed by atoms with van der Waals surface area (Å²) in [7, 11) is 1.67. The van der Waals surface area contributed by atoms with E-state index < -0.39 is 0 Å². The first-order valence-electron chi connectivity index (χ1n) is 2.67. The largest absolute Gasteiger partial charge is 0.368 e. The number of aromatic nitrogens is 3. The lowest BCUT2D eigenvalue weighted by Crippen LogP contribution is -2.06. The summed E-state index contributed by atoms with van der Waals surface area (Å²) in [6.45, 7) is 0. The SMILES string of the molecule is CNc1nc(N)nc(N)n1.[SiH4]. The van der Waals surface area contributed by atoms with Crippen LogP contribution in [0.2, 0.25) is 0 Å². The van der Waals surface area contributed by atoms with Crippen LogP contribution in [0.1, 0.15) is 0 Å². The van der Waals surface area contributed by atoms with E-state index >= 15 is 0 Å². The van der Waals surface area contributed by atoms with Gasteiger partial charge in [-0.05, 0) is 11.0 Å². The van der Waals surface area contributed by atoms with E-state index in [9.17, 15) is 0 Å². The highest BCUT2D eigenvalue weighted by atomic mass is 28.1. The van der Waals surface area contributed by atoms with E-state index in [-0.39, 0.29) is 22.9 Å². The fourth-order valence-corrected chi connectivity index (χ4v) is 0.521. The number of nitrogens with two attached hydrogens (primary N) is 2. The topological polar surface area (TPSA) is 103 Å². The molecule has 0 amide bonds. The third kappa shape index (κ3) is 2.38. The molecule has 0 atom stereocenters. The van der Waals surface area contributed by atoms with Crippen LogP contribution >= 0.6 is 0 Å². The van der Waals surface area contributed by atoms with Crippen molar-refractivity contribution in [2.75, 3.05) is 23.8 Å². The molecule has 0 aliphatic carbocycles. The van der Waals surface area contributed by atoms with Crippen molar-refractivity contribution in [3.63, 3.8) is 0 Å². The Hall–Kier alpha value is -1.37. The van der Waals surface area contributed by atoms with Crippen molar-refractivity contribution in [3.05, 3.63) is 0 Å². The van der Waals surface area contributed by atoms with Gasteiger partial charge in [0, 0.05) is 7.05 Å². The Kier molecular flexibility index (Phi) is 3.25. The van der Waals surface area contributed by atoms with Gasteiger partial charge in [0.1, 0.15) is 0 Å². The van der Waals surface area contributed by atoms with E-state index in [0.717, 1.165) is 0 Å². The Labute approximate surface area is 68.5 Å². The maximum Gasteiger partial charge on any atom is 0.229 e. The Balaban J connectivity index is 0.000001000. The molecule has 0 bridgehead atoms. The van der Waals surface area contributed by atoms with Gasteiger partial charge < -0.3 is 16.8 Å². The van der Waals surface area contributed by atoms with Crippen molar-refractivity contribution >= 4 is 28.8 Å². The second kappa shape index (κ2) is 3.71. The average Bonchev–Trinajstić information content (AvgIpc) is 1.85. The van der Waals surface area contributed by atoms with E-state index in [1.54, 1.807) is 7.05 Å². The zero-order chi connectivity index (χ0) is 7.56. The van der Waals surface area contributed by atoms with Crippen LogP contribution in [0.5, 0.6) is 0 Å². The summed E-state index contributed by atoms with van der Waals surface area (Å²) in [6, 6.07) is 0. The lowest BCUT2D eigenvalue weighted by Gasteiger charge is -1.98. The fraction of sp³-hybridized carbons (Fsp3) is 0.250. The lowest BCUT2D eigenvalue weighted by molar-refractivity contribution is 1.07. The minimum atomic E-state index is 0. The molecule has 0 unspecified atom stereocenters. The quantitative estimate of drug-likeness (QED) is 0.409. The minimum absolute atomic E-state index is 0. The third-order valence-electron chi connectivity index (χ3n) is 0.894. The molecule has 62 valence electrons. The highest BCUT2D eigenvalue weighted by molar-refractivity contribution is 5.75. The molecule has 1 heterocycles. The zero-order valence-electron chi connectivity index (χ0n) is 5.50. The van der Waals surface area contributed by atoms with Gasteiger partial charge in [0.2, 0.25) is 17.8 Å². The Bertz CT molecular complexity index is 218. The molecule has 0 aliphatic rings. The molecule has 0 saturated carbocycles. The second-order valence-electron chi connectivity index (χ2n) is 1.63. The monoisotopic (exact) mass is 172 g/mol. The van der Waals surface area contributed by atoms with Crippen molar-refractivity contribution in [2.45, 2.75) is 0 Å². The number of anilines is 3. The number of nitrogens with one attached hydrogen (secondary N) is 1.